The summed E-state index contributed by atoms with van der Waals surface area (Å²) in [5.41, 5.74) is 0.115. The van der Waals surface area contributed by atoms with Gasteiger partial charge in [0, 0.05) is 6.04 Å². The standard InChI is InChI=1S/C10H15NO4/c1-6(2)11-5-7(14-3)9(15-4)8(11)10(12)13/h5-6H,1-4H3,(H,12,13). The van der Waals surface area contributed by atoms with Crippen molar-refractivity contribution in [3.63, 3.8) is 0 Å². The maximum atomic E-state index is 11.1. The molecule has 1 heterocycles. The van der Waals surface area contributed by atoms with Crippen molar-refractivity contribution in [1.29, 1.82) is 0 Å². The molecule has 0 bridgehead atoms. The predicted octanol–water partition coefficient (Wildman–Crippen LogP) is 1.78. The smallest absolute Gasteiger partial charge is 0.356 e. The highest BCUT2D eigenvalue weighted by Gasteiger charge is 2.24. The molecule has 0 aliphatic heterocycles. The minimum Gasteiger partial charge on any atom is -0.491 e. The fourth-order valence-electron chi connectivity index (χ4n) is 1.44. The summed E-state index contributed by atoms with van der Waals surface area (Å²) < 4.78 is 11.7. The van der Waals surface area contributed by atoms with Crippen LogP contribution < -0.4 is 9.47 Å². The maximum absolute atomic E-state index is 11.1. The van der Waals surface area contributed by atoms with E-state index in [1.807, 2.05) is 13.8 Å². The molecule has 1 rings (SSSR count). The first kappa shape index (κ1) is 11.4. The van der Waals surface area contributed by atoms with E-state index in [2.05, 4.69) is 0 Å². The van der Waals surface area contributed by atoms with Crippen molar-refractivity contribution in [1.82, 2.24) is 4.57 Å². The van der Waals surface area contributed by atoms with Gasteiger partial charge in [-0.3, -0.25) is 0 Å². The fraction of sp³-hybridized carbons (Fsp3) is 0.500. The lowest BCUT2D eigenvalue weighted by Crippen LogP contribution is -2.10. The number of aromatic carboxylic acids is 1. The molecule has 0 fully saturated rings. The molecule has 0 unspecified atom stereocenters. The molecule has 84 valence electrons. The Balaban J connectivity index is 3.40. The number of nitrogens with zero attached hydrogens (tertiary/aromatic N) is 1. The highest BCUT2D eigenvalue weighted by atomic mass is 16.5. The summed E-state index contributed by atoms with van der Waals surface area (Å²) in [6.07, 6.45) is 1.63. The molecule has 0 aliphatic carbocycles. The Morgan fingerprint density at radius 2 is 2.00 bits per heavy atom. The van der Waals surface area contributed by atoms with Gasteiger partial charge in [0.2, 0.25) is 0 Å². The molecule has 1 N–H and O–H groups in total. The summed E-state index contributed by atoms with van der Waals surface area (Å²) >= 11 is 0. The normalized spacial score (nSPS) is 10.5. The molecular formula is C10H15NO4. The van der Waals surface area contributed by atoms with E-state index in [9.17, 15) is 4.79 Å². The van der Waals surface area contributed by atoms with Gasteiger partial charge in [-0.05, 0) is 13.8 Å². The van der Waals surface area contributed by atoms with E-state index in [0.29, 0.717) is 5.75 Å². The Bertz CT molecular complexity index is 368. The summed E-state index contributed by atoms with van der Waals surface area (Å²) in [4.78, 5) is 11.1. The fourth-order valence-corrected chi connectivity index (χ4v) is 1.44. The summed E-state index contributed by atoms with van der Waals surface area (Å²) in [5.74, 6) is -0.328. The Morgan fingerprint density at radius 1 is 1.40 bits per heavy atom. The van der Waals surface area contributed by atoms with E-state index >= 15 is 0 Å². The van der Waals surface area contributed by atoms with Gasteiger partial charge in [-0.15, -0.1) is 0 Å². The average molecular weight is 213 g/mol. The molecule has 1 aromatic rings. The van der Waals surface area contributed by atoms with Gasteiger partial charge in [-0.2, -0.15) is 0 Å². The highest BCUT2D eigenvalue weighted by molar-refractivity contribution is 5.90. The lowest BCUT2D eigenvalue weighted by Gasteiger charge is -2.09. The van der Waals surface area contributed by atoms with Gasteiger partial charge < -0.3 is 19.1 Å². The monoisotopic (exact) mass is 213 g/mol. The second-order valence-electron chi connectivity index (χ2n) is 3.39. The van der Waals surface area contributed by atoms with Crippen molar-refractivity contribution in [3.05, 3.63) is 11.9 Å². The van der Waals surface area contributed by atoms with Crippen LogP contribution in [0.5, 0.6) is 11.5 Å². The molecule has 0 aliphatic rings. The minimum atomic E-state index is -1.02. The van der Waals surface area contributed by atoms with Gasteiger partial charge in [-0.25, -0.2) is 4.79 Å². The lowest BCUT2D eigenvalue weighted by atomic mass is 10.3. The van der Waals surface area contributed by atoms with Gasteiger partial charge in [0.1, 0.15) is 0 Å². The van der Waals surface area contributed by atoms with Crippen molar-refractivity contribution in [2.24, 2.45) is 0 Å². The third-order valence-corrected chi connectivity index (χ3v) is 2.14. The van der Waals surface area contributed by atoms with Crippen LogP contribution in [0.3, 0.4) is 0 Å². The maximum Gasteiger partial charge on any atom is 0.356 e. The van der Waals surface area contributed by atoms with Gasteiger partial charge in [0.05, 0.1) is 20.4 Å². The largest absolute Gasteiger partial charge is 0.491 e. The van der Waals surface area contributed by atoms with E-state index < -0.39 is 5.97 Å². The average Bonchev–Trinajstić information content (AvgIpc) is 2.55. The van der Waals surface area contributed by atoms with Crippen LogP contribution in [0.1, 0.15) is 30.4 Å². The molecule has 5 nitrogen and oxygen atoms in total. The van der Waals surface area contributed by atoms with Crippen molar-refractivity contribution in [3.8, 4) is 11.5 Å². The number of carbonyl (C=O) groups is 1. The van der Waals surface area contributed by atoms with E-state index in [4.69, 9.17) is 14.6 Å². The summed E-state index contributed by atoms with van der Waals surface area (Å²) in [6.45, 7) is 3.79. The third kappa shape index (κ3) is 1.91. The van der Waals surface area contributed by atoms with E-state index in [0.717, 1.165) is 0 Å². The zero-order valence-electron chi connectivity index (χ0n) is 9.27. The first-order valence-electron chi connectivity index (χ1n) is 4.59. The van der Waals surface area contributed by atoms with Crippen LogP contribution in [0.4, 0.5) is 0 Å². The summed E-state index contributed by atoms with van der Waals surface area (Å²) in [7, 11) is 2.91. The molecule has 0 saturated carbocycles. The molecule has 0 spiro atoms. The molecule has 1 aromatic heterocycles. The number of carboxylic acids is 1. The highest BCUT2D eigenvalue weighted by Crippen LogP contribution is 2.34. The quantitative estimate of drug-likeness (QED) is 0.828. The first-order valence-corrected chi connectivity index (χ1v) is 4.59. The molecular weight excluding hydrogens is 198 g/mol. The number of aromatic nitrogens is 1. The zero-order valence-corrected chi connectivity index (χ0v) is 9.27. The van der Waals surface area contributed by atoms with E-state index in [1.165, 1.54) is 14.2 Å². The number of hydrogen-bond acceptors (Lipinski definition) is 3. The molecule has 15 heavy (non-hydrogen) atoms. The van der Waals surface area contributed by atoms with Gasteiger partial charge >= 0.3 is 5.97 Å². The van der Waals surface area contributed by atoms with Crippen molar-refractivity contribution < 1.29 is 19.4 Å². The second kappa shape index (κ2) is 4.25. The van der Waals surface area contributed by atoms with Crippen LogP contribution in [-0.2, 0) is 0 Å². The van der Waals surface area contributed by atoms with Crippen LogP contribution in [0.2, 0.25) is 0 Å². The third-order valence-electron chi connectivity index (χ3n) is 2.14. The number of rotatable bonds is 4. The Morgan fingerprint density at radius 3 is 2.33 bits per heavy atom. The van der Waals surface area contributed by atoms with Crippen LogP contribution >= 0.6 is 0 Å². The lowest BCUT2D eigenvalue weighted by molar-refractivity contribution is 0.0679. The first-order chi connectivity index (χ1) is 7.02. The Kier molecular flexibility index (Phi) is 3.24. The number of carboxylic acid groups (broad SMARTS) is 1. The molecule has 0 amide bonds. The van der Waals surface area contributed by atoms with E-state index in [1.54, 1.807) is 10.8 Å². The minimum absolute atomic E-state index is 0.0360. The number of hydrogen-bond donors (Lipinski definition) is 1. The molecule has 0 radical (unpaired) electrons. The SMILES string of the molecule is COc1cn(C(C)C)c(C(=O)O)c1OC. The van der Waals surface area contributed by atoms with Crippen LogP contribution in [0.15, 0.2) is 6.20 Å². The van der Waals surface area contributed by atoms with Crippen LogP contribution in [-0.4, -0.2) is 29.9 Å². The topological polar surface area (TPSA) is 60.7 Å². The molecule has 5 heteroatoms. The Labute approximate surface area is 88.2 Å². The van der Waals surface area contributed by atoms with Crippen molar-refractivity contribution >= 4 is 5.97 Å². The zero-order chi connectivity index (χ0) is 11.6. The number of methoxy groups -OCH3 is 2. The van der Waals surface area contributed by atoms with Gasteiger partial charge in [0.25, 0.3) is 0 Å². The van der Waals surface area contributed by atoms with Gasteiger partial charge in [0.15, 0.2) is 17.2 Å². The van der Waals surface area contributed by atoms with Crippen LogP contribution in [0.25, 0.3) is 0 Å². The summed E-state index contributed by atoms with van der Waals surface area (Å²) in [6, 6.07) is 0.0360. The van der Waals surface area contributed by atoms with Crippen LogP contribution in [0, 0.1) is 0 Å². The molecule has 0 aromatic carbocycles. The molecule has 0 atom stereocenters. The molecule has 0 saturated heterocycles. The van der Waals surface area contributed by atoms with Crippen molar-refractivity contribution in [2.75, 3.05) is 14.2 Å². The van der Waals surface area contributed by atoms with Crippen molar-refractivity contribution in [2.45, 2.75) is 19.9 Å². The number of ether oxygens (including phenoxy) is 2. The summed E-state index contributed by atoms with van der Waals surface area (Å²) in [5, 5.41) is 9.08. The van der Waals surface area contributed by atoms with E-state index in [-0.39, 0.29) is 17.5 Å². The van der Waals surface area contributed by atoms with Gasteiger partial charge in [-0.1, -0.05) is 0 Å². The predicted molar refractivity (Wildman–Crippen MR) is 54.9 cm³/mol. The Hall–Kier alpha value is -1.65. The second-order valence-corrected chi connectivity index (χ2v) is 3.39.